The first kappa shape index (κ1) is 17.4. The van der Waals surface area contributed by atoms with Gasteiger partial charge in [0, 0.05) is 18.7 Å². The highest BCUT2D eigenvalue weighted by atomic mass is 19.1. The van der Waals surface area contributed by atoms with Crippen LogP contribution >= 0.6 is 0 Å². The number of aromatic nitrogens is 2. The third kappa shape index (κ3) is 4.06. The summed E-state index contributed by atoms with van der Waals surface area (Å²) < 4.78 is 15.5. The normalized spacial score (nSPS) is 13.7. The Kier molecular flexibility index (Phi) is 4.98. The summed E-state index contributed by atoms with van der Waals surface area (Å²) in [5.41, 5.74) is 4.09. The number of nitrogens with zero attached hydrogens (tertiary/aromatic N) is 2. The number of carbonyl (C=O) groups is 1. The van der Waals surface area contributed by atoms with Gasteiger partial charge in [-0.25, -0.2) is 4.39 Å². The lowest BCUT2D eigenvalue weighted by Crippen LogP contribution is -2.23. The number of rotatable bonds is 4. The van der Waals surface area contributed by atoms with Gasteiger partial charge in [-0.1, -0.05) is 24.3 Å². The van der Waals surface area contributed by atoms with Crippen molar-refractivity contribution in [2.24, 2.45) is 0 Å². The second kappa shape index (κ2) is 7.72. The van der Waals surface area contributed by atoms with Gasteiger partial charge in [0.25, 0.3) is 5.91 Å². The topological polar surface area (TPSA) is 59.0 Å². The van der Waals surface area contributed by atoms with E-state index in [4.69, 9.17) is 0 Å². The van der Waals surface area contributed by atoms with Crippen LogP contribution in [0, 0.1) is 5.82 Å². The first-order valence-electron chi connectivity index (χ1n) is 9.09. The lowest BCUT2D eigenvalue weighted by atomic mass is 10.0. The Morgan fingerprint density at radius 3 is 2.81 bits per heavy atom. The van der Waals surface area contributed by atoms with Crippen LogP contribution in [0.1, 0.15) is 28.2 Å². The number of aryl methyl sites for hydroxylation is 1. The highest BCUT2D eigenvalue weighted by Crippen LogP contribution is 2.21. The lowest BCUT2D eigenvalue weighted by molar-refractivity contribution is 0.0950. The van der Waals surface area contributed by atoms with E-state index in [1.807, 2.05) is 22.9 Å². The van der Waals surface area contributed by atoms with E-state index in [0.29, 0.717) is 12.1 Å². The molecule has 0 atom stereocenters. The Hall–Kier alpha value is -2.99. The number of benzene rings is 2. The molecule has 0 spiro atoms. The first-order chi connectivity index (χ1) is 13.2. The van der Waals surface area contributed by atoms with E-state index in [1.54, 1.807) is 24.3 Å². The van der Waals surface area contributed by atoms with Crippen LogP contribution in [0.4, 0.5) is 4.39 Å². The maximum atomic E-state index is 13.5. The fraction of sp³-hybridized carbons (Fsp3) is 0.238. The minimum Gasteiger partial charge on any atom is -0.346 e. The minimum absolute atomic E-state index is 0.172. The molecule has 0 saturated heterocycles. The molecular weight excluding hydrogens is 343 g/mol. The van der Waals surface area contributed by atoms with Gasteiger partial charge in [-0.3, -0.25) is 9.48 Å². The van der Waals surface area contributed by atoms with Crippen LogP contribution < -0.4 is 10.6 Å². The molecule has 0 bridgehead atoms. The van der Waals surface area contributed by atoms with E-state index in [9.17, 15) is 9.18 Å². The number of carbonyl (C=O) groups excluding carboxylic acids is 1. The van der Waals surface area contributed by atoms with Crippen molar-refractivity contribution in [3.63, 3.8) is 0 Å². The zero-order valence-corrected chi connectivity index (χ0v) is 14.9. The highest BCUT2D eigenvalue weighted by molar-refractivity contribution is 5.95. The predicted octanol–water partition coefficient (Wildman–Crippen LogP) is 3.11. The molecule has 2 heterocycles. The summed E-state index contributed by atoms with van der Waals surface area (Å²) in [7, 11) is 0. The largest absolute Gasteiger partial charge is 0.346 e. The van der Waals surface area contributed by atoms with Crippen LogP contribution in [0.2, 0.25) is 0 Å². The molecule has 0 fully saturated rings. The summed E-state index contributed by atoms with van der Waals surface area (Å²) >= 11 is 0. The van der Waals surface area contributed by atoms with Crippen molar-refractivity contribution in [2.75, 3.05) is 6.54 Å². The van der Waals surface area contributed by atoms with E-state index < -0.39 is 0 Å². The third-order valence-corrected chi connectivity index (χ3v) is 4.66. The predicted molar refractivity (Wildman–Crippen MR) is 102 cm³/mol. The average Bonchev–Trinajstić information content (AvgIpc) is 2.95. The van der Waals surface area contributed by atoms with Crippen molar-refractivity contribution in [1.82, 2.24) is 20.4 Å². The van der Waals surface area contributed by atoms with Crippen molar-refractivity contribution in [2.45, 2.75) is 26.1 Å². The molecule has 4 rings (SSSR count). The quantitative estimate of drug-likeness (QED) is 0.748. The van der Waals surface area contributed by atoms with Crippen LogP contribution in [0.5, 0.6) is 0 Å². The second-order valence-electron chi connectivity index (χ2n) is 6.65. The minimum atomic E-state index is -0.295. The first-order valence-corrected chi connectivity index (χ1v) is 9.09. The monoisotopic (exact) mass is 364 g/mol. The average molecular weight is 364 g/mol. The maximum absolute atomic E-state index is 13.5. The zero-order valence-electron chi connectivity index (χ0n) is 14.9. The molecule has 0 aliphatic carbocycles. The Balaban J connectivity index is 1.45. The van der Waals surface area contributed by atoms with Crippen LogP contribution in [0.3, 0.4) is 0 Å². The summed E-state index contributed by atoms with van der Waals surface area (Å²) in [6, 6.07) is 15.6. The lowest BCUT2D eigenvalue weighted by Gasteiger charge is -2.07. The number of hydrogen-bond donors (Lipinski definition) is 2. The Bertz CT molecular complexity index is 943. The van der Waals surface area contributed by atoms with Gasteiger partial charge in [-0.15, -0.1) is 0 Å². The van der Waals surface area contributed by atoms with Crippen molar-refractivity contribution in [3.8, 4) is 11.1 Å². The number of hydrogen-bond acceptors (Lipinski definition) is 3. The van der Waals surface area contributed by atoms with E-state index >= 15 is 0 Å². The molecule has 5 nitrogen and oxygen atoms in total. The van der Waals surface area contributed by atoms with Crippen LogP contribution in [-0.2, 0) is 19.6 Å². The van der Waals surface area contributed by atoms with Gasteiger partial charge >= 0.3 is 0 Å². The number of halogens is 1. The highest BCUT2D eigenvalue weighted by Gasteiger charge is 2.12. The van der Waals surface area contributed by atoms with Crippen LogP contribution in [0.25, 0.3) is 11.1 Å². The van der Waals surface area contributed by atoms with Gasteiger partial charge in [0.1, 0.15) is 5.82 Å². The standard InChI is InChI=1S/C21H21FN4O/c22-18-7-2-5-16(11-18)15-4-1-6-17(10-15)21(27)24-13-19-12-20-14-23-8-3-9-26(20)25-19/h1-2,4-7,10-12,23H,3,8-9,13-14H2,(H,24,27). The van der Waals surface area contributed by atoms with E-state index in [1.165, 1.54) is 12.1 Å². The SMILES string of the molecule is O=C(NCc1cc2n(n1)CCCNC2)c1cccc(-c2cccc(F)c2)c1. The molecule has 0 radical (unpaired) electrons. The van der Waals surface area contributed by atoms with Gasteiger partial charge in [0.15, 0.2) is 0 Å². The number of fused-ring (bicyclic) bond motifs is 1. The molecule has 3 aromatic rings. The Morgan fingerprint density at radius 2 is 1.96 bits per heavy atom. The molecular formula is C21H21FN4O. The molecule has 2 aromatic carbocycles. The molecule has 1 aromatic heterocycles. The van der Waals surface area contributed by atoms with Crippen molar-refractivity contribution < 1.29 is 9.18 Å². The zero-order chi connectivity index (χ0) is 18.6. The molecule has 0 unspecified atom stereocenters. The molecule has 2 N–H and O–H groups in total. The fourth-order valence-electron chi connectivity index (χ4n) is 3.29. The number of amides is 1. The van der Waals surface area contributed by atoms with E-state index in [0.717, 1.165) is 48.6 Å². The Labute approximate surface area is 157 Å². The molecule has 138 valence electrons. The smallest absolute Gasteiger partial charge is 0.251 e. The molecule has 27 heavy (non-hydrogen) atoms. The summed E-state index contributed by atoms with van der Waals surface area (Å²) in [5, 5.41) is 10.9. The summed E-state index contributed by atoms with van der Waals surface area (Å²) in [6.45, 7) is 3.07. The molecule has 1 amide bonds. The summed E-state index contributed by atoms with van der Waals surface area (Å²) in [5.74, 6) is -0.467. The molecule has 1 aliphatic heterocycles. The van der Waals surface area contributed by atoms with Crippen molar-refractivity contribution in [1.29, 1.82) is 0 Å². The van der Waals surface area contributed by atoms with Crippen LogP contribution in [0.15, 0.2) is 54.6 Å². The summed E-state index contributed by atoms with van der Waals surface area (Å²) in [6.07, 6.45) is 1.05. The fourth-order valence-corrected chi connectivity index (χ4v) is 3.29. The van der Waals surface area contributed by atoms with Crippen LogP contribution in [-0.4, -0.2) is 22.2 Å². The molecule has 1 aliphatic rings. The van der Waals surface area contributed by atoms with Gasteiger partial charge < -0.3 is 10.6 Å². The van der Waals surface area contributed by atoms with Gasteiger partial charge in [0.05, 0.1) is 17.9 Å². The summed E-state index contributed by atoms with van der Waals surface area (Å²) in [4.78, 5) is 12.5. The number of nitrogens with one attached hydrogen (secondary N) is 2. The molecule has 0 saturated carbocycles. The maximum Gasteiger partial charge on any atom is 0.251 e. The van der Waals surface area contributed by atoms with Crippen molar-refractivity contribution >= 4 is 5.91 Å². The molecule has 6 heteroatoms. The Morgan fingerprint density at radius 1 is 1.15 bits per heavy atom. The third-order valence-electron chi connectivity index (χ3n) is 4.66. The second-order valence-corrected chi connectivity index (χ2v) is 6.65. The van der Waals surface area contributed by atoms with E-state index in [2.05, 4.69) is 15.7 Å². The van der Waals surface area contributed by atoms with Gasteiger partial charge in [-0.05, 0) is 54.4 Å². The van der Waals surface area contributed by atoms with E-state index in [-0.39, 0.29) is 11.7 Å². The van der Waals surface area contributed by atoms with Gasteiger partial charge in [0.2, 0.25) is 0 Å². The van der Waals surface area contributed by atoms with Crippen molar-refractivity contribution in [3.05, 3.63) is 77.4 Å². The van der Waals surface area contributed by atoms with Gasteiger partial charge in [-0.2, -0.15) is 5.10 Å².